The van der Waals surface area contributed by atoms with Gasteiger partial charge in [0.1, 0.15) is 11.7 Å². The van der Waals surface area contributed by atoms with E-state index in [1.807, 2.05) is 0 Å². The molecule has 1 fully saturated rings. The van der Waals surface area contributed by atoms with Crippen LogP contribution < -0.4 is 0 Å². The molecule has 1 aliphatic rings. The van der Waals surface area contributed by atoms with Crippen molar-refractivity contribution < 1.29 is 23.9 Å². The summed E-state index contributed by atoms with van der Waals surface area (Å²) >= 11 is 0. The SMILES string of the molecule is CC1(C)OCC(c2oncc2C(=O)O)O1. The average molecular weight is 213 g/mol. The number of hydrogen-bond acceptors (Lipinski definition) is 5. The second kappa shape index (κ2) is 3.32. The minimum absolute atomic E-state index is 0.0151. The first kappa shape index (κ1) is 10.1. The number of carboxylic acid groups (broad SMARTS) is 1. The van der Waals surface area contributed by atoms with Crippen LogP contribution in [0.1, 0.15) is 36.1 Å². The van der Waals surface area contributed by atoms with E-state index >= 15 is 0 Å². The van der Waals surface area contributed by atoms with Crippen LogP contribution in [0.3, 0.4) is 0 Å². The van der Waals surface area contributed by atoms with Gasteiger partial charge in [0, 0.05) is 0 Å². The second-order valence-corrected chi connectivity index (χ2v) is 3.73. The Morgan fingerprint density at radius 3 is 2.93 bits per heavy atom. The fourth-order valence-corrected chi connectivity index (χ4v) is 1.46. The molecule has 0 spiro atoms. The van der Waals surface area contributed by atoms with E-state index in [1.54, 1.807) is 13.8 Å². The topological polar surface area (TPSA) is 81.8 Å². The molecule has 1 aromatic heterocycles. The lowest BCUT2D eigenvalue weighted by Crippen LogP contribution is -2.19. The summed E-state index contributed by atoms with van der Waals surface area (Å²) in [4.78, 5) is 10.8. The minimum atomic E-state index is -1.08. The number of rotatable bonds is 2. The largest absolute Gasteiger partial charge is 0.478 e. The number of aromatic carboxylic acids is 1. The zero-order chi connectivity index (χ0) is 11.1. The highest BCUT2D eigenvalue weighted by molar-refractivity contribution is 5.88. The first-order valence-electron chi connectivity index (χ1n) is 4.49. The smallest absolute Gasteiger partial charge is 0.341 e. The first-order chi connectivity index (χ1) is 6.99. The lowest BCUT2D eigenvalue weighted by atomic mass is 10.2. The molecule has 2 heterocycles. The van der Waals surface area contributed by atoms with Gasteiger partial charge in [-0.25, -0.2) is 4.79 Å². The predicted molar refractivity (Wildman–Crippen MR) is 47.3 cm³/mol. The summed E-state index contributed by atoms with van der Waals surface area (Å²) in [6.07, 6.45) is 0.653. The third-order valence-corrected chi connectivity index (χ3v) is 2.13. The van der Waals surface area contributed by atoms with Gasteiger partial charge in [0.05, 0.1) is 12.8 Å². The van der Waals surface area contributed by atoms with Crippen molar-refractivity contribution in [1.29, 1.82) is 0 Å². The Kier molecular flexibility index (Phi) is 2.24. The molecule has 1 aliphatic heterocycles. The molecule has 15 heavy (non-hydrogen) atoms. The summed E-state index contributed by atoms with van der Waals surface area (Å²) in [5.74, 6) is -1.60. The van der Waals surface area contributed by atoms with Crippen molar-refractivity contribution in [3.05, 3.63) is 17.5 Å². The molecular weight excluding hydrogens is 202 g/mol. The van der Waals surface area contributed by atoms with Crippen LogP contribution in [0.25, 0.3) is 0 Å². The van der Waals surface area contributed by atoms with Gasteiger partial charge in [-0.15, -0.1) is 0 Å². The van der Waals surface area contributed by atoms with Crippen LogP contribution in [0.4, 0.5) is 0 Å². The van der Waals surface area contributed by atoms with E-state index in [0.717, 1.165) is 6.20 Å². The minimum Gasteiger partial charge on any atom is -0.478 e. The molecule has 1 saturated heterocycles. The van der Waals surface area contributed by atoms with Crippen LogP contribution in [0.5, 0.6) is 0 Å². The molecule has 0 aromatic carbocycles. The Morgan fingerprint density at radius 2 is 2.40 bits per heavy atom. The molecule has 82 valence electrons. The number of carbonyl (C=O) groups is 1. The summed E-state index contributed by atoms with van der Waals surface area (Å²) in [5, 5.41) is 12.3. The molecule has 0 aliphatic carbocycles. The van der Waals surface area contributed by atoms with Crippen molar-refractivity contribution in [2.75, 3.05) is 6.61 Å². The predicted octanol–water partition coefficient (Wildman–Crippen LogP) is 1.20. The van der Waals surface area contributed by atoms with Gasteiger partial charge in [0.2, 0.25) is 0 Å². The van der Waals surface area contributed by atoms with Gasteiger partial charge in [-0.2, -0.15) is 0 Å². The van der Waals surface area contributed by atoms with E-state index in [9.17, 15) is 4.79 Å². The Hall–Kier alpha value is -1.40. The molecule has 0 bridgehead atoms. The zero-order valence-corrected chi connectivity index (χ0v) is 8.39. The number of ether oxygens (including phenoxy) is 2. The van der Waals surface area contributed by atoms with E-state index in [1.165, 1.54) is 0 Å². The highest BCUT2D eigenvalue weighted by Crippen LogP contribution is 2.34. The van der Waals surface area contributed by atoms with Gasteiger partial charge in [0.25, 0.3) is 0 Å². The van der Waals surface area contributed by atoms with Gasteiger partial charge in [-0.3, -0.25) is 0 Å². The fourth-order valence-electron chi connectivity index (χ4n) is 1.46. The maximum Gasteiger partial charge on any atom is 0.341 e. The maximum absolute atomic E-state index is 10.8. The Bertz CT molecular complexity index is 384. The first-order valence-corrected chi connectivity index (χ1v) is 4.49. The number of hydrogen-bond donors (Lipinski definition) is 1. The summed E-state index contributed by atoms with van der Waals surface area (Å²) in [5.41, 5.74) is 0.0151. The molecule has 6 nitrogen and oxygen atoms in total. The molecular formula is C9H11NO5. The molecule has 1 N–H and O–H groups in total. The highest BCUT2D eigenvalue weighted by Gasteiger charge is 2.38. The zero-order valence-electron chi connectivity index (χ0n) is 8.39. The molecule has 1 atom stereocenters. The quantitative estimate of drug-likeness (QED) is 0.794. The second-order valence-electron chi connectivity index (χ2n) is 3.73. The van der Waals surface area contributed by atoms with E-state index in [0.29, 0.717) is 0 Å². The number of nitrogens with zero attached hydrogens (tertiary/aromatic N) is 1. The molecule has 1 aromatic rings. The van der Waals surface area contributed by atoms with Gasteiger partial charge in [-0.05, 0) is 13.8 Å². The lowest BCUT2D eigenvalue weighted by Gasteiger charge is -2.15. The van der Waals surface area contributed by atoms with Crippen molar-refractivity contribution in [3.8, 4) is 0 Å². The average Bonchev–Trinajstić information content (AvgIpc) is 2.69. The van der Waals surface area contributed by atoms with E-state index in [4.69, 9.17) is 19.1 Å². The van der Waals surface area contributed by atoms with Gasteiger partial charge in [-0.1, -0.05) is 5.16 Å². The molecule has 0 saturated carbocycles. The van der Waals surface area contributed by atoms with Crippen LogP contribution in [0, 0.1) is 0 Å². The molecule has 1 unspecified atom stereocenters. The van der Waals surface area contributed by atoms with Crippen molar-refractivity contribution in [1.82, 2.24) is 5.16 Å². The van der Waals surface area contributed by atoms with Crippen LogP contribution in [-0.4, -0.2) is 28.6 Å². The van der Waals surface area contributed by atoms with Crippen LogP contribution in [-0.2, 0) is 9.47 Å². The van der Waals surface area contributed by atoms with Crippen molar-refractivity contribution in [2.24, 2.45) is 0 Å². The molecule has 6 heteroatoms. The normalized spacial score (nSPS) is 24.3. The van der Waals surface area contributed by atoms with Gasteiger partial charge in [0.15, 0.2) is 11.5 Å². The fraction of sp³-hybridized carbons (Fsp3) is 0.556. The van der Waals surface area contributed by atoms with Crippen molar-refractivity contribution in [2.45, 2.75) is 25.7 Å². The molecule has 0 amide bonds. The summed E-state index contributed by atoms with van der Waals surface area (Å²) in [6, 6.07) is 0. The van der Waals surface area contributed by atoms with Crippen LogP contribution in [0.15, 0.2) is 10.7 Å². The lowest BCUT2D eigenvalue weighted by molar-refractivity contribution is -0.141. The third-order valence-electron chi connectivity index (χ3n) is 2.13. The summed E-state index contributed by atoms with van der Waals surface area (Å²) in [6.45, 7) is 3.77. The maximum atomic E-state index is 10.8. The van der Waals surface area contributed by atoms with E-state index in [-0.39, 0.29) is 17.9 Å². The summed E-state index contributed by atoms with van der Waals surface area (Å²) in [7, 11) is 0. The standard InChI is InChI=1S/C9H11NO5/c1-9(2)13-4-6(14-9)7-5(8(11)12)3-10-15-7/h3,6H,4H2,1-2H3,(H,11,12). The van der Waals surface area contributed by atoms with E-state index < -0.39 is 17.9 Å². The number of aromatic nitrogens is 1. The molecule has 0 radical (unpaired) electrons. The van der Waals surface area contributed by atoms with Crippen molar-refractivity contribution >= 4 is 5.97 Å². The Morgan fingerprint density at radius 1 is 1.67 bits per heavy atom. The van der Waals surface area contributed by atoms with E-state index in [2.05, 4.69) is 5.16 Å². The van der Waals surface area contributed by atoms with Gasteiger partial charge < -0.3 is 19.1 Å². The summed E-state index contributed by atoms with van der Waals surface area (Å²) < 4.78 is 15.6. The number of carboxylic acids is 1. The Labute approximate surface area is 85.8 Å². The molecule has 2 rings (SSSR count). The Balaban J connectivity index is 2.24. The monoisotopic (exact) mass is 213 g/mol. The highest BCUT2D eigenvalue weighted by atomic mass is 16.7. The van der Waals surface area contributed by atoms with Crippen LogP contribution in [0.2, 0.25) is 0 Å². The van der Waals surface area contributed by atoms with Gasteiger partial charge >= 0.3 is 5.97 Å². The van der Waals surface area contributed by atoms with Crippen molar-refractivity contribution in [3.63, 3.8) is 0 Å². The van der Waals surface area contributed by atoms with Crippen LogP contribution >= 0.6 is 0 Å². The third kappa shape index (κ3) is 1.86.